The van der Waals surface area contributed by atoms with E-state index in [1.807, 2.05) is 6.07 Å². The number of aromatic nitrogens is 1. The number of para-hydroxylation sites is 6. The van der Waals surface area contributed by atoms with Crippen molar-refractivity contribution in [3.05, 3.63) is 243 Å². The van der Waals surface area contributed by atoms with Crippen LogP contribution in [-0.2, 0) is 0 Å². The topological polar surface area (TPSA) is 21.3 Å². The van der Waals surface area contributed by atoms with Gasteiger partial charge < -0.3 is 13.9 Å². The quantitative estimate of drug-likeness (QED) is 0.149. The van der Waals surface area contributed by atoms with Crippen LogP contribution in [0.25, 0.3) is 104 Å². The van der Waals surface area contributed by atoms with Crippen LogP contribution in [0.3, 0.4) is 0 Å². The van der Waals surface area contributed by atoms with E-state index in [9.17, 15) is 0 Å². The monoisotopic (exact) mass is 828 g/mol. The minimum Gasteiger partial charge on any atom is -0.455 e. The third kappa shape index (κ3) is 5.97. The van der Waals surface area contributed by atoms with Gasteiger partial charge in [0.15, 0.2) is 0 Å². The van der Waals surface area contributed by atoms with Gasteiger partial charge in [0.05, 0.1) is 28.1 Å². The summed E-state index contributed by atoms with van der Waals surface area (Å²) in [5.74, 6) is 0. The maximum absolute atomic E-state index is 6.65. The molecule has 2 aromatic heterocycles. The maximum atomic E-state index is 6.65. The molecule has 0 fully saturated rings. The number of nitrogens with zero attached hydrogens (tertiary/aromatic N) is 2. The number of fused-ring (bicyclic) bond motifs is 9. The summed E-state index contributed by atoms with van der Waals surface area (Å²) in [7, 11) is 0. The van der Waals surface area contributed by atoms with Crippen molar-refractivity contribution in [2.75, 3.05) is 4.90 Å². The van der Waals surface area contributed by atoms with Crippen LogP contribution >= 0.6 is 0 Å². The molecule has 0 unspecified atom stereocenters. The van der Waals surface area contributed by atoms with E-state index in [4.69, 9.17) is 4.42 Å². The second-order valence-electron chi connectivity index (χ2n) is 16.8. The summed E-state index contributed by atoms with van der Waals surface area (Å²) >= 11 is 0. The molecule has 0 aliphatic carbocycles. The lowest BCUT2D eigenvalue weighted by Gasteiger charge is -2.29. The van der Waals surface area contributed by atoms with E-state index < -0.39 is 0 Å². The minimum atomic E-state index is 0.890. The van der Waals surface area contributed by atoms with Gasteiger partial charge in [-0.25, -0.2) is 0 Å². The van der Waals surface area contributed by atoms with Crippen molar-refractivity contribution in [3.63, 3.8) is 0 Å². The molecule has 2 heterocycles. The maximum Gasteiger partial charge on any atom is 0.143 e. The summed E-state index contributed by atoms with van der Waals surface area (Å²) in [6.45, 7) is 0. The molecule has 0 bridgehead atoms. The minimum absolute atomic E-state index is 0.890. The highest BCUT2D eigenvalue weighted by Crippen LogP contribution is 2.47. The van der Waals surface area contributed by atoms with Crippen LogP contribution in [0.5, 0.6) is 0 Å². The van der Waals surface area contributed by atoms with E-state index in [2.05, 4.69) is 246 Å². The van der Waals surface area contributed by atoms with Crippen LogP contribution in [0.4, 0.5) is 17.1 Å². The van der Waals surface area contributed by atoms with Gasteiger partial charge in [-0.1, -0.05) is 194 Å². The van der Waals surface area contributed by atoms with E-state index in [0.29, 0.717) is 0 Å². The smallest absolute Gasteiger partial charge is 0.143 e. The Labute approximate surface area is 376 Å². The zero-order valence-electron chi connectivity index (χ0n) is 35.4. The molecule has 3 heteroatoms. The first kappa shape index (κ1) is 36.9. The summed E-state index contributed by atoms with van der Waals surface area (Å²) in [5.41, 5.74) is 15.4. The second-order valence-corrected chi connectivity index (χ2v) is 16.8. The SMILES string of the molecule is c1ccc(N(c2ccc(-c3ccc(-c4ccccc4-n4c5ccccc5c5ccccc54)cc3)cc2)c2cc3ccccc3c3ccccc23)c(-c2cccc3c2oc2ccccc23)c1. The summed E-state index contributed by atoms with van der Waals surface area (Å²) in [4.78, 5) is 2.43. The van der Waals surface area contributed by atoms with Gasteiger partial charge in [-0.2, -0.15) is 0 Å². The predicted molar refractivity (Wildman–Crippen MR) is 274 cm³/mol. The standard InChI is InChI=1S/C62H40N2O/c1-2-17-46-44(16-1)40-60(49-20-4-3-19-48(46)49)63(57-28-11-8-23-52(57)54-25-15-26-55-53-24-9-14-31-61(53)65-62(54)55)45-38-36-42(37-39-45)41-32-34-43(35-33-41)47-18-5-10-27-56(47)64-58-29-12-6-21-50(58)51-22-7-13-30-59(51)64/h1-40H. The van der Waals surface area contributed by atoms with Gasteiger partial charge >= 0.3 is 0 Å². The Morgan fingerprint density at radius 1 is 0.323 bits per heavy atom. The van der Waals surface area contributed by atoms with Crippen LogP contribution in [0, 0.1) is 0 Å². The predicted octanol–water partition coefficient (Wildman–Crippen LogP) is 17.5. The van der Waals surface area contributed by atoms with E-state index in [-0.39, 0.29) is 0 Å². The van der Waals surface area contributed by atoms with E-state index in [0.717, 1.165) is 61.3 Å². The molecule has 11 aromatic carbocycles. The molecule has 0 aliphatic rings. The molecular weight excluding hydrogens is 789 g/mol. The largest absolute Gasteiger partial charge is 0.455 e. The number of anilines is 3. The average Bonchev–Trinajstić information content (AvgIpc) is 3.93. The molecule has 0 radical (unpaired) electrons. The fourth-order valence-electron chi connectivity index (χ4n) is 10.2. The van der Waals surface area contributed by atoms with Gasteiger partial charge in [0.2, 0.25) is 0 Å². The van der Waals surface area contributed by atoms with Gasteiger partial charge in [-0.15, -0.1) is 0 Å². The molecule has 0 saturated carbocycles. The fraction of sp³-hybridized carbons (Fsp3) is 0. The van der Waals surface area contributed by atoms with Crippen molar-refractivity contribution >= 4 is 82.4 Å². The van der Waals surface area contributed by atoms with Gasteiger partial charge in [-0.05, 0) is 81.4 Å². The third-order valence-electron chi connectivity index (χ3n) is 13.2. The Balaban J connectivity index is 0.935. The molecule has 0 N–H and O–H groups in total. The van der Waals surface area contributed by atoms with Crippen LogP contribution in [0.15, 0.2) is 247 Å². The molecule has 13 aromatic rings. The Bertz CT molecular complexity index is 3900. The Hall–Kier alpha value is -8.66. The lowest BCUT2D eigenvalue weighted by Crippen LogP contribution is -2.12. The van der Waals surface area contributed by atoms with E-state index >= 15 is 0 Å². The Morgan fingerprint density at radius 2 is 0.846 bits per heavy atom. The molecule has 13 rings (SSSR count). The number of hydrogen-bond acceptors (Lipinski definition) is 2. The summed E-state index contributed by atoms with van der Waals surface area (Å²) < 4.78 is 9.06. The molecular formula is C62H40N2O. The first-order valence-electron chi connectivity index (χ1n) is 22.3. The second kappa shape index (κ2) is 15.0. The molecule has 304 valence electrons. The molecule has 0 aliphatic heterocycles. The van der Waals surface area contributed by atoms with Crippen LogP contribution in [-0.4, -0.2) is 4.57 Å². The molecule has 65 heavy (non-hydrogen) atoms. The van der Waals surface area contributed by atoms with E-state index in [1.165, 1.54) is 60.2 Å². The number of benzene rings is 11. The van der Waals surface area contributed by atoms with Crippen molar-refractivity contribution in [2.45, 2.75) is 0 Å². The van der Waals surface area contributed by atoms with Gasteiger partial charge in [0, 0.05) is 49.3 Å². The molecule has 0 atom stereocenters. The summed E-state index contributed by atoms with van der Waals surface area (Å²) in [5, 5.41) is 9.59. The van der Waals surface area contributed by atoms with Crippen molar-refractivity contribution in [3.8, 4) is 39.1 Å². The van der Waals surface area contributed by atoms with Crippen LogP contribution in [0.1, 0.15) is 0 Å². The van der Waals surface area contributed by atoms with Crippen molar-refractivity contribution < 1.29 is 4.42 Å². The lowest BCUT2D eigenvalue weighted by molar-refractivity contribution is 0.670. The number of rotatable bonds is 7. The lowest BCUT2D eigenvalue weighted by atomic mass is 9.96. The van der Waals surface area contributed by atoms with Crippen LogP contribution < -0.4 is 4.90 Å². The zero-order valence-corrected chi connectivity index (χ0v) is 35.4. The first-order valence-corrected chi connectivity index (χ1v) is 22.3. The Kier molecular flexibility index (Phi) is 8.53. The molecule has 0 spiro atoms. The highest BCUT2D eigenvalue weighted by Gasteiger charge is 2.23. The third-order valence-corrected chi connectivity index (χ3v) is 13.2. The average molecular weight is 829 g/mol. The van der Waals surface area contributed by atoms with Gasteiger partial charge in [0.1, 0.15) is 11.2 Å². The highest BCUT2D eigenvalue weighted by molar-refractivity contribution is 6.16. The van der Waals surface area contributed by atoms with Crippen molar-refractivity contribution in [1.29, 1.82) is 0 Å². The number of furan rings is 1. The van der Waals surface area contributed by atoms with Gasteiger partial charge in [-0.3, -0.25) is 0 Å². The molecule has 0 amide bonds. The fourth-order valence-corrected chi connectivity index (χ4v) is 10.2. The van der Waals surface area contributed by atoms with E-state index in [1.54, 1.807) is 0 Å². The normalized spacial score (nSPS) is 11.7. The number of hydrogen-bond donors (Lipinski definition) is 0. The van der Waals surface area contributed by atoms with Crippen molar-refractivity contribution in [2.24, 2.45) is 0 Å². The summed E-state index contributed by atoms with van der Waals surface area (Å²) in [6.07, 6.45) is 0. The van der Waals surface area contributed by atoms with Gasteiger partial charge in [0.25, 0.3) is 0 Å². The zero-order chi connectivity index (χ0) is 42.8. The van der Waals surface area contributed by atoms with Crippen molar-refractivity contribution in [1.82, 2.24) is 4.57 Å². The molecule has 3 nitrogen and oxygen atoms in total. The first-order chi connectivity index (χ1) is 32.3. The Morgan fingerprint density at radius 3 is 1.60 bits per heavy atom. The highest BCUT2D eigenvalue weighted by atomic mass is 16.3. The van der Waals surface area contributed by atoms with Crippen LogP contribution in [0.2, 0.25) is 0 Å². The molecule has 0 saturated heterocycles. The summed E-state index contributed by atoms with van der Waals surface area (Å²) in [6, 6.07) is 87.6.